The monoisotopic (exact) mass is 373 g/mol. The van der Waals surface area contributed by atoms with Crippen LogP contribution in [0.5, 0.6) is 5.75 Å². The van der Waals surface area contributed by atoms with E-state index in [1.165, 1.54) is 35.6 Å². The van der Waals surface area contributed by atoms with Crippen molar-refractivity contribution in [1.82, 2.24) is 5.32 Å². The largest absolute Gasteiger partial charge is 0.506 e. The fraction of sp³-hybridized carbons (Fsp3) is 0.292. The molecule has 0 atom stereocenters. The summed E-state index contributed by atoms with van der Waals surface area (Å²) in [6.45, 7) is 0.580. The number of hydrogen-bond acceptors (Lipinski definition) is 2. The Labute approximate surface area is 166 Å². The molecule has 3 N–H and O–H groups in total. The minimum Gasteiger partial charge on any atom is -0.506 e. The summed E-state index contributed by atoms with van der Waals surface area (Å²) in [5.41, 5.74) is 1.86. The average Bonchev–Trinajstić information content (AvgIpc) is 2.74. The van der Waals surface area contributed by atoms with E-state index >= 15 is 0 Å². The highest BCUT2D eigenvalue weighted by Crippen LogP contribution is 2.23. The van der Waals surface area contributed by atoms with Gasteiger partial charge < -0.3 is 15.7 Å². The van der Waals surface area contributed by atoms with Gasteiger partial charge in [0, 0.05) is 6.04 Å². The molecular formula is C24H27N3O. The Morgan fingerprint density at radius 3 is 2.50 bits per heavy atom. The predicted octanol–water partition coefficient (Wildman–Crippen LogP) is 5.44. The fourth-order valence-corrected chi connectivity index (χ4v) is 3.86. The summed E-state index contributed by atoms with van der Waals surface area (Å²) in [6, 6.07) is 22.4. The molecule has 28 heavy (non-hydrogen) atoms. The average molecular weight is 374 g/mol. The Hall–Kier alpha value is -3.01. The van der Waals surface area contributed by atoms with Gasteiger partial charge in [-0.1, -0.05) is 73.9 Å². The van der Waals surface area contributed by atoms with Gasteiger partial charge in [0.15, 0.2) is 5.96 Å². The molecule has 3 aromatic rings. The molecule has 1 saturated carbocycles. The number of phenols is 1. The summed E-state index contributed by atoms with van der Waals surface area (Å²) in [5.74, 6) is 0.951. The quantitative estimate of drug-likeness (QED) is 0.324. The van der Waals surface area contributed by atoms with E-state index in [0.717, 1.165) is 18.8 Å². The van der Waals surface area contributed by atoms with Gasteiger partial charge in [0.05, 0.1) is 12.2 Å². The highest BCUT2D eigenvalue weighted by Gasteiger charge is 2.15. The number of para-hydroxylation sites is 2. The van der Waals surface area contributed by atoms with E-state index in [2.05, 4.69) is 53.1 Å². The minimum absolute atomic E-state index is 0.228. The summed E-state index contributed by atoms with van der Waals surface area (Å²) >= 11 is 0. The highest BCUT2D eigenvalue weighted by atomic mass is 16.3. The van der Waals surface area contributed by atoms with Gasteiger partial charge in [0.2, 0.25) is 0 Å². The maximum atomic E-state index is 10.1. The van der Waals surface area contributed by atoms with E-state index in [1.807, 2.05) is 18.2 Å². The van der Waals surface area contributed by atoms with Gasteiger partial charge in [-0.3, -0.25) is 0 Å². The Balaban J connectivity index is 1.58. The molecule has 0 saturated heterocycles. The first-order valence-corrected chi connectivity index (χ1v) is 10.1. The maximum Gasteiger partial charge on any atom is 0.196 e. The van der Waals surface area contributed by atoms with Crippen LogP contribution in [0.25, 0.3) is 10.8 Å². The molecule has 144 valence electrons. The molecule has 0 aromatic heterocycles. The lowest BCUT2D eigenvalue weighted by Gasteiger charge is -2.25. The van der Waals surface area contributed by atoms with Gasteiger partial charge in [0.25, 0.3) is 0 Å². The molecule has 0 heterocycles. The zero-order valence-corrected chi connectivity index (χ0v) is 16.1. The number of anilines is 1. The van der Waals surface area contributed by atoms with Gasteiger partial charge in [0.1, 0.15) is 5.75 Å². The van der Waals surface area contributed by atoms with Crippen molar-refractivity contribution in [2.75, 3.05) is 5.32 Å². The van der Waals surface area contributed by atoms with Gasteiger partial charge in [-0.25, -0.2) is 4.99 Å². The first-order chi connectivity index (χ1) is 13.8. The van der Waals surface area contributed by atoms with Crippen LogP contribution in [0.2, 0.25) is 0 Å². The van der Waals surface area contributed by atoms with Crippen LogP contribution < -0.4 is 10.6 Å². The molecule has 1 fully saturated rings. The molecule has 4 nitrogen and oxygen atoms in total. The second-order valence-corrected chi connectivity index (χ2v) is 7.42. The van der Waals surface area contributed by atoms with Crippen LogP contribution >= 0.6 is 0 Å². The zero-order valence-electron chi connectivity index (χ0n) is 16.1. The van der Waals surface area contributed by atoms with Crippen LogP contribution in [-0.4, -0.2) is 17.1 Å². The third-order valence-corrected chi connectivity index (χ3v) is 5.39. The molecular weight excluding hydrogens is 346 g/mol. The van der Waals surface area contributed by atoms with E-state index in [9.17, 15) is 5.11 Å². The van der Waals surface area contributed by atoms with E-state index in [4.69, 9.17) is 4.99 Å². The fourth-order valence-electron chi connectivity index (χ4n) is 3.86. The Morgan fingerprint density at radius 2 is 1.64 bits per heavy atom. The SMILES string of the molecule is Oc1ccccc1NC(=NCc1cccc2ccccc12)NC1CCCCC1. The smallest absolute Gasteiger partial charge is 0.196 e. The second kappa shape index (κ2) is 8.79. The Kier molecular flexibility index (Phi) is 5.76. The van der Waals surface area contributed by atoms with Crippen molar-refractivity contribution in [2.45, 2.75) is 44.7 Å². The molecule has 3 aromatic carbocycles. The standard InChI is InChI=1S/C24H27N3O/c28-23-16-7-6-15-22(23)27-24(26-20-12-2-1-3-13-20)25-17-19-11-8-10-18-9-4-5-14-21(18)19/h4-11,14-16,20,28H,1-3,12-13,17H2,(H2,25,26,27). The Bertz CT molecular complexity index is 955. The molecule has 0 bridgehead atoms. The number of aromatic hydroxyl groups is 1. The van der Waals surface area contributed by atoms with Gasteiger partial charge in [-0.15, -0.1) is 0 Å². The van der Waals surface area contributed by atoms with Crippen LogP contribution in [0.1, 0.15) is 37.7 Å². The normalized spacial score (nSPS) is 15.5. The number of aliphatic imine (C=N–C) groups is 1. The molecule has 1 aliphatic rings. The lowest BCUT2D eigenvalue weighted by Crippen LogP contribution is -2.40. The van der Waals surface area contributed by atoms with Crippen LogP contribution in [0.15, 0.2) is 71.7 Å². The van der Waals surface area contributed by atoms with Gasteiger partial charge in [-0.05, 0) is 41.3 Å². The third-order valence-electron chi connectivity index (χ3n) is 5.39. The number of phenolic OH excluding ortho intramolecular Hbond substituents is 1. The van der Waals surface area contributed by atoms with E-state index in [-0.39, 0.29) is 5.75 Å². The van der Waals surface area contributed by atoms with Crippen molar-refractivity contribution >= 4 is 22.4 Å². The number of benzene rings is 3. The van der Waals surface area contributed by atoms with Crippen molar-refractivity contribution in [3.63, 3.8) is 0 Å². The summed E-state index contributed by atoms with van der Waals surface area (Å²) in [4.78, 5) is 4.86. The molecule has 0 aliphatic heterocycles. The van der Waals surface area contributed by atoms with Crippen LogP contribution in [0.4, 0.5) is 5.69 Å². The molecule has 0 spiro atoms. The van der Waals surface area contributed by atoms with Crippen LogP contribution in [-0.2, 0) is 6.54 Å². The van der Waals surface area contributed by atoms with Crippen LogP contribution in [0.3, 0.4) is 0 Å². The first kappa shape index (κ1) is 18.4. The molecule has 0 amide bonds. The van der Waals surface area contributed by atoms with Gasteiger partial charge >= 0.3 is 0 Å². The molecule has 4 heteroatoms. The molecule has 4 rings (SSSR count). The summed E-state index contributed by atoms with van der Waals surface area (Å²) in [7, 11) is 0. The van der Waals surface area contributed by atoms with Crippen molar-refractivity contribution in [3.8, 4) is 5.75 Å². The van der Waals surface area contributed by atoms with E-state index in [1.54, 1.807) is 6.07 Å². The third kappa shape index (κ3) is 4.45. The molecule has 0 radical (unpaired) electrons. The number of fused-ring (bicyclic) bond motifs is 1. The second-order valence-electron chi connectivity index (χ2n) is 7.42. The summed E-state index contributed by atoms with van der Waals surface area (Å²) < 4.78 is 0. The number of rotatable bonds is 4. The van der Waals surface area contributed by atoms with E-state index in [0.29, 0.717) is 18.3 Å². The molecule has 1 aliphatic carbocycles. The number of hydrogen-bond donors (Lipinski definition) is 3. The summed E-state index contributed by atoms with van der Waals surface area (Å²) in [6.07, 6.45) is 6.15. The topological polar surface area (TPSA) is 56.6 Å². The number of nitrogens with one attached hydrogen (secondary N) is 2. The van der Waals surface area contributed by atoms with Crippen LogP contribution in [0, 0.1) is 0 Å². The van der Waals surface area contributed by atoms with Crippen molar-refractivity contribution in [2.24, 2.45) is 4.99 Å². The number of nitrogens with zero attached hydrogens (tertiary/aromatic N) is 1. The van der Waals surface area contributed by atoms with Gasteiger partial charge in [-0.2, -0.15) is 0 Å². The highest BCUT2D eigenvalue weighted by molar-refractivity contribution is 5.95. The number of guanidine groups is 1. The minimum atomic E-state index is 0.228. The van der Waals surface area contributed by atoms with Crippen molar-refractivity contribution < 1.29 is 5.11 Å². The molecule has 0 unspecified atom stereocenters. The van der Waals surface area contributed by atoms with Crippen molar-refractivity contribution in [1.29, 1.82) is 0 Å². The predicted molar refractivity (Wildman–Crippen MR) is 117 cm³/mol. The van der Waals surface area contributed by atoms with E-state index < -0.39 is 0 Å². The first-order valence-electron chi connectivity index (χ1n) is 10.1. The lowest BCUT2D eigenvalue weighted by atomic mass is 9.96. The Morgan fingerprint density at radius 1 is 0.893 bits per heavy atom. The summed E-state index contributed by atoms with van der Waals surface area (Å²) in [5, 5.41) is 19.5. The van der Waals surface area contributed by atoms with Crippen molar-refractivity contribution in [3.05, 3.63) is 72.3 Å². The zero-order chi connectivity index (χ0) is 19.2. The maximum absolute atomic E-state index is 10.1. The lowest BCUT2D eigenvalue weighted by molar-refractivity contribution is 0.413.